The quantitative estimate of drug-likeness (QED) is 0.174. The molecule has 0 spiro atoms. The molecule has 0 heterocycles. The van der Waals surface area contributed by atoms with Crippen LogP contribution < -0.4 is 31.4 Å². The van der Waals surface area contributed by atoms with Gasteiger partial charge in [-0.05, 0) is 104 Å². The number of hydrogen-bond donors (Lipinski definition) is 3. The van der Waals surface area contributed by atoms with Crippen LogP contribution in [-0.4, -0.2) is 0 Å². The summed E-state index contributed by atoms with van der Waals surface area (Å²) in [6.45, 7) is 0. The van der Waals surface area contributed by atoms with E-state index in [0.717, 1.165) is 24.8 Å². The maximum atomic E-state index is 6.77. The Kier molecular flexibility index (Phi) is 7.19. The Labute approximate surface area is 266 Å². The van der Waals surface area contributed by atoms with Crippen LogP contribution in [0.25, 0.3) is 0 Å². The van der Waals surface area contributed by atoms with Gasteiger partial charge < -0.3 is 31.4 Å². The van der Waals surface area contributed by atoms with Gasteiger partial charge in [0.05, 0.1) is 17.1 Å². The van der Waals surface area contributed by atoms with Crippen molar-refractivity contribution in [2.24, 2.45) is 17.8 Å². The maximum Gasteiger partial charge on any atom is 0.212 e. The van der Waals surface area contributed by atoms with Crippen LogP contribution >= 0.6 is 34.8 Å². The second kappa shape index (κ2) is 10.9. The topological polar surface area (TPSA) is 106 Å². The minimum Gasteiger partial charge on any atom is -0.451 e. The molecule has 6 nitrogen and oxygen atoms in total. The van der Waals surface area contributed by atoms with Gasteiger partial charge in [-0.1, -0.05) is 40.9 Å². The molecule has 0 aromatic heterocycles. The third-order valence-electron chi connectivity index (χ3n) is 9.26. The number of anilines is 3. The number of nitrogen functional groups attached to an aromatic ring is 3. The number of hydrogen-bond acceptors (Lipinski definition) is 6. The summed E-state index contributed by atoms with van der Waals surface area (Å²) in [5.74, 6) is 4.48. The molecule has 0 unspecified atom stereocenters. The largest absolute Gasteiger partial charge is 0.451 e. The van der Waals surface area contributed by atoms with Crippen LogP contribution in [0.4, 0.5) is 17.1 Å². The van der Waals surface area contributed by atoms with Crippen molar-refractivity contribution in [3.63, 3.8) is 0 Å². The summed E-state index contributed by atoms with van der Waals surface area (Å²) >= 11 is 19.1. The van der Waals surface area contributed by atoms with Gasteiger partial charge in [0.15, 0.2) is 28.7 Å². The predicted molar refractivity (Wildman–Crippen MR) is 174 cm³/mol. The first-order valence-corrected chi connectivity index (χ1v) is 15.7. The molecule has 222 valence electrons. The zero-order valence-electron chi connectivity index (χ0n) is 23.4. The first kappa shape index (κ1) is 28.3. The van der Waals surface area contributed by atoms with Crippen LogP contribution in [0, 0.1) is 17.8 Å². The highest BCUT2D eigenvalue weighted by atomic mass is 35.5. The molecular formula is C34H32Cl3N3O3. The van der Waals surface area contributed by atoms with Gasteiger partial charge in [0.1, 0.15) is 0 Å². The predicted octanol–water partition coefficient (Wildman–Crippen LogP) is 10.2. The Bertz CT molecular complexity index is 1690. The molecule has 4 aromatic rings. The Morgan fingerprint density at radius 3 is 1.40 bits per heavy atom. The highest BCUT2D eigenvalue weighted by Gasteiger charge is 2.53. The van der Waals surface area contributed by atoms with Gasteiger partial charge in [-0.3, -0.25) is 0 Å². The molecule has 4 aliphatic rings. The van der Waals surface area contributed by atoms with Crippen molar-refractivity contribution in [1.82, 2.24) is 0 Å². The molecule has 0 aliphatic heterocycles. The van der Waals surface area contributed by atoms with Crippen molar-refractivity contribution >= 4 is 51.9 Å². The average molecular weight is 637 g/mol. The molecule has 8 rings (SSSR count). The third-order valence-corrected chi connectivity index (χ3v) is 9.96. The number of halogens is 3. The lowest BCUT2D eigenvalue weighted by atomic mass is 9.48. The molecule has 4 saturated carbocycles. The van der Waals surface area contributed by atoms with Crippen LogP contribution in [0.1, 0.15) is 44.1 Å². The fourth-order valence-corrected chi connectivity index (χ4v) is 8.30. The summed E-state index contributed by atoms with van der Waals surface area (Å²) in [5.41, 5.74) is 21.3. The van der Waals surface area contributed by atoms with Crippen LogP contribution in [0.2, 0.25) is 15.1 Å². The lowest BCUT2D eigenvalue weighted by Crippen LogP contribution is -2.48. The van der Waals surface area contributed by atoms with E-state index in [2.05, 4.69) is 6.07 Å². The minimum absolute atomic E-state index is 0.0664. The molecule has 6 N–H and O–H groups in total. The Morgan fingerprint density at radius 2 is 0.930 bits per heavy atom. The highest BCUT2D eigenvalue weighted by Crippen LogP contribution is 2.64. The van der Waals surface area contributed by atoms with Gasteiger partial charge in [0, 0.05) is 38.8 Å². The highest BCUT2D eigenvalue weighted by molar-refractivity contribution is 6.31. The molecule has 9 heteroatoms. The van der Waals surface area contributed by atoms with E-state index in [9.17, 15) is 0 Å². The van der Waals surface area contributed by atoms with E-state index in [1.807, 2.05) is 6.07 Å². The zero-order chi connectivity index (χ0) is 29.9. The van der Waals surface area contributed by atoms with Gasteiger partial charge in [-0.2, -0.15) is 0 Å². The van der Waals surface area contributed by atoms with E-state index in [0.29, 0.717) is 84.4 Å². The minimum atomic E-state index is -0.0664. The van der Waals surface area contributed by atoms with E-state index in [-0.39, 0.29) is 5.41 Å². The summed E-state index contributed by atoms with van der Waals surface area (Å²) in [6, 6.07) is 19.3. The molecule has 43 heavy (non-hydrogen) atoms. The lowest BCUT2D eigenvalue weighted by Gasteiger charge is -2.57. The van der Waals surface area contributed by atoms with Crippen molar-refractivity contribution in [1.29, 1.82) is 0 Å². The molecule has 4 aromatic carbocycles. The van der Waals surface area contributed by atoms with Crippen molar-refractivity contribution in [2.45, 2.75) is 43.9 Å². The van der Waals surface area contributed by atoms with E-state index >= 15 is 0 Å². The number of rotatable bonds is 7. The van der Waals surface area contributed by atoms with Crippen LogP contribution in [0.5, 0.6) is 34.5 Å². The van der Waals surface area contributed by atoms with Crippen LogP contribution in [0.3, 0.4) is 0 Å². The summed E-state index contributed by atoms with van der Waals surface area (Å²) in [7, 11) is 0. The molecule has 4 fully saturated rings. The summed E-state index contributed by atoms with van der Waals surface area (Å²) < 4.78 is 19.8. The maximum absolute atomic E-state index is 6.77. The second-order valence-electron chi connectivity index (χ2n) is 12.3. The van der Waals surface area contributed by atoms with E-state index in [1.54, 1.807) is 54.6 Å². The Morgan fingerprint density at radius 1 is 0.512 bits per heavy atom. The summed E-state index contributed by atoms with van der Waals surface area (Å²) in [5, 5.41) is 1.46. The Balaban J connectivity index is 1.45. The SMILES string of the molecule is Nc1ccc(Cl)cc1Oc1ccc(C23CC4CC(CC(C4)C2)C3)c(Oc2cc(Cl)ccc2N)c1Oc1cc(Cl)ccc1N. The van der Waals surface area contributed by atoms with Crippen molar-refractivity contribution in [2.75, 3.05) is 17.2 Å². The van der Waals surface area contributed by atoms with Crippen molar-refractivity contribution in [3.8, 4) is 34.5 Å². The van der Waals surface area contributed by atoms with Gasteiger partial charge in [0.25, 0.3) is 0 Å². The number of ether oxygens (including phenoxy) is 3. The standard InChI is InChI=1S/C34H32Cl3N3O3/c35-21-1-5-25(38)29(12-21)41-28-8-4-24(34-15-18-9-19(16-34)11-20(10-18)17-34)32(42-30-13-22(36)2-6-26(30)39)33(28)43-31-14-23(37)3-7-27(31)40/h1-8,12-14,18-20H,9-11,15-17,38-40H2. The van der Waals surface area contributed by atoms with Gasteiger partial charge in [-0.15, -0.1) is 0 Å². The van der Waals surface area contributed by atoms with E-state index in [4.69, 9.17) is 66.2 Å². The lowest BCUT2D eigenvalue weighted by molar-refractivity contribution is -0.00610. The third kappa shape index (κ3) is 5.41. The van der Waals surface area contributed by atoms with Gasteiger partial charge in [0.2, 0.25) is 5.75 Å². The van der Waals surface area contributed by atoms with Crippen LogP contribution in [-0.2, 0) is 5.41 Å². The Hall–Kier alpha value is -3.45. The van der Waals surface area contributed by atoms with Crippen LogP contribution in [0.15, 0.2) is 66.7 Å². The zero-order valence-corrected chi connectivity index (χ0v) is 25.7. The average Bonchev–Trinajstić information content (AvgIpc) is 2.95. The molecule has 4 bridgehead atoms. The molecule has 0 saturated heterocycles. The van der Waals surface area contributed by atoms with Crippen molar-refractivity contribution < 1.29 is 14.2 Å². The summed E-state index contributed by atoms with van der Waals surface area (Å²) in [4.78, 5) is 0. The van der Waals surface area contributed by atoms with Gasteiger partial charge in [-0.25, -0.2) is 0 Å². The van der Waals surface area contributed by atoms with Crippen molar-refractivity contribution in [3.05, 3.63) is 87.4 Å². The smallest absolute Gasteiger partial charge is 0.212 e. The number of nitrogens with two attached hydrogens (primary N) is 3. The molecule has 0 atom stereocenters. The second-order valence-corrected chi connectivity index (χ2v) is 13.6. The fourth-order valence-electron chi connectivity index (χ4n) is 7.81. The first-order chi connectivity index (χ1) is 20.7. The first-order valence-electron chi connectivity index (χ1n) is 14.5. The fraction of sp³-hybridized carbons (Fsp3) is 0.294. The normalized spacial score (nSPS) is 23.7. The van der Waals surface area contributed by atoms with Gasteiger partial charge >= 0.3 is 0 Å². The summed E-state index contributed by atoms with van der Waals surface area (Å²) in [6.07, 6.45) is 7.19. The molecule has 4 aliphatic carbocycles. The monoisotopic (exact) mass is 635 g/mol. The molecule has 0 radical (unpaired) electrons. The van der Waals surface area contributed by atoms with E-state index in [1.165, 1.54) is 19.3 Å². The van der Waals surface area contributed by atoms with E-state index < -0.39 is 0 Å². The molecule has 0 amide bonds. The molecular weight excluding hydrogens is 605 g/mol. The number of benzene rings is 4.